The number of rotatable bonds is 61. The predicted octanol–water partition coefficient (Wildman–Crippen LogP) is 8.83. The number of thioether (sulfide) groups is 1. The van der Waals surface area contributed by atoms with Gasteiger partial charge in [-0.05, 0) is 66.8 Å². The lowest BCUT2D eigenvalue weighted by molar-refractivity contribution is -0.123. The van der Waals surface area contributed by atoms with Crippen molar-refractivity contribution in [3.05, 3.63) is 78.0 Å². The van der Waals surface area contributed by atoms with Crippen LogP contribution in [0, 0.1) is 0 Å². The first kappa shape index (κ1) is 84.7. The number of amides is 7. The normalized spacial score (nSPS) is 11.6. The topological polar surface area (TPSA) is 264 Å². The molecule has 1 unspecified atom stereocenters. The van der Waals surface area contributed by atoms with E-state index >= 15 is 0 Å². The molecule has 0 fully saturated rings. The fourth-order valence-corrected chi connectivity index (χ4v) is 15.4. The summed E-state index contributed by atoms with van der Waals surface area (Å²) in [4.78, 5) is 107. The highest BCUT2D eigenvalue weighted by molar-refractivity contribution is 8.77. The first-order valence-corrected chi connectivity index (χ1v) is 42.6. The maximum atomic E-state index is 12.9. The molecule has 21 nitrogen and oxygen atoms in total. The molecule has 1 atom stereocenters. The molecule has 0 bridgehead atoms. The summed E-state index contributed by atoms with van der Waals surface area (Å²) >= 11 is 5.89. The summed E-state index contributed by atoms with van der Waals surface area (Å²) in [6, 6.07) is 13.5. The number of pyridine rings is 1. The van der Waals surface area contributed by atoms with Gasteiger partial charge in [0.1, 0.15) is 5.03 Å². The van der Waals surface area contributed by atoms with Crippen molar-refractivity contribution < 1.29 is 38.3 Å². The van der Waals surface area contributed by atoms with Crippen molar-refractivity contribution in [2.75, 3.05) is 159 Å². The molecule has 2 aromatic heterocycles. The highest BCUT2D eigenvalue weighted by atomic mass is 33.1. The molecule has 2 heterocycles. The van der Waals surface area contributed by atoms with Gasteiger partial charge in [0.2, 0.25) is 35.4 Å². The second-order valence-corrected chi connectivity index (χ2v) is 31.6. The van der Waals surface area contributed by atoms with E-state index in [1.165, 1.54) is 51.4 Å². The lowest BCUT2D eigenvalue weighted by atomic mass is 10.1. The van der Waals surface area contributed by atoms with Gasteiger partial charge in [0.25, 0.3) is 5.91 Å². The number of thiol groups is 1. The summed E-state index contributed by atoms with van der Waals surface area (Å²) < 4.78 is 5.85. The van der Waals surface area contributed by atoms with Crippen molar-refractivity contribution in [1.82, 2.24) is 66.9 Å². The van der Waals surface area contributed by atoms with Crippen molar-refractivity contribution >= 4 is 131 Å². The SMILES string of the molecule is CCCCCCCCCCCN(CCC(=O)NCCSC)CCC(=O)NCCSSCCNC(=O)CCN(CCC(=O)NCCSSCCNC(=O)CCN(CCOCCNC(=O)c1ccc(C(C)SSc2ccccn2)cc1)CCC(=O)NCCS)CCc1c[nH]cn1. The van der Waals surface area contributed by atoms with Crippen molar-refractivity contribution in [3.63, 3.8) is 0 Å². The molecular weight excluding hydrogens is 1350 g/mol. The van der Waals surface area contributed by atoms with Crippen LogP contribution in [0.5, 0.6) is 0 Å². The zero-order chi connectivity index (χ0) is 67.7. The third-order valence-electron chi connectivity index (χ3n) is 14.6. The maximum Gasteiger partial charge on any atom is 0.251 e. The summed E-state index contributed by atoms with van der Waals surface area (Å²) in [5.41, 5.74) is 2.61. The standard InChI is InChI=1S/C65H109N13O8S8/c1-4-5-6-7-8-9-10-11-14-35-76(37-21-59(80)68-30-47-88-3)38-22-60(81)69-31-48-89-90-49-32-70-61(82)23-39-77(36-20-57-52-66-53-75-57)40-24-62(83)71-33-50-91-92-51-34-72-63(84)26-42-78(41-25-58(79)67-29-46-87)43-45-86-44-28-74-65(85)56-18-16-55(17-19-56)54(2)93-94-64-15-12-13-27-73-64/h12-13,15-19,27,52-54,87H,4-11,14,20-26,28-51H2,1-3H3,(H,66,75)(H,67,79)(H,68,80)(H,69,81)(H,70,82)(H,71,83)(H,72,84)(H,74,85). The zero-order valence-corrected chi connectivity index (χ0v) is 62.6. The van der Waals surface area contributed by atoms with Crippen molar-refractivity contribution in [1.29, 1.82) is 0 Å². The van der Waals surface area contributed by atoms with Gasteiger partial charge in [0, 0.05) is 201 Å². The molecule has 530 valence electrons. The zero-order valence-electron chi connectivity index (χ0n) is 55.9. The van der Waals surface area contributed by atoms with E-state index in [1.54, 1.807) is 89.0 Å². The van der Waals surface area contributed by atoms with Gasteiger partial charge in [-0.1, -0.05) is 130 Å². The molecule has 0 spiro atoms. The second-order valence-electron chi connectivity index (χ2n) is 22.2. The lowest BCUT2D eigenvalue weighted by Gasteiger charge is -2.22. The second kappa shape index (κ2) is 58.5. The first-order chi connectivity index (χ1) is 45.9. The number of carbonyl (C=O) groups excluding carboxylic acids is 7. The Morgan fingerprint density at radius 3 is 1.45 bits per heavy atom. The largest absolute Gasteiger partial charge is 0.378 e. The number of unbranched alkanes of at least 4 members (excludes halogenated alkanes) is 8. The Morgan fingerprint density at radius 2 is 0.989 bits per heavy atom. The van der Waals surface area contributed by atoms with E-state index in [1.807, 2.05) is 59.8 Å². The fourth-order valence-electron chi connectivity index (χ4n) is 9.21. The van der Waals surface area contributed by atoms with Crippen LogP contribution < -0.4 is 37.2 Å². The number of nitrogens with one attached hydrogen (secondary N) is 8. The van der Waals surface area contributed by atoms with E-state index in [0.29, 0.717) is 166 Å². The van der Waals surface area contributed by atoms with E-state index in [4.69, 9.17) is 4.74 Å². The molecule has 0 aliphatic heterocycles. The number of aromatic amines is 1. The van der Waals surface area contributed by atoms with Gasteiger partial charge in [-0.3, -0.25) is 33.6 Å². The van der Waals surface area contributed by atoms with E-state index in [2.05, 4.69) is 88.4 Å². The number of ether oxygens (including phenoxy) is 1. The summed E-state index contributed by atoms with van der Waals surface area (Å²) in [5, 5.41) is 22.0. The maximum absolute atomic E-state index is 12.9. The molecule has 1 aromatic carbocycles. The van der Waals surface area contributed by atoms with E-state index in [-0.39, 0.29) is 59.4 Å². The highest BCUT2D eigenvalue weighted by Gasteiger charge is 2.16. The monoisotopic (exact) mass is 1460 g/mol. The number of aromatic nitrogens is 3. The third kappa shape index (κ3) is 46.7. The third-order valence-corrected chi connectivity index (χ3v) is 23.0. The number of nitrogens with zero attached hydrogens (tertiary/aromatic N) is 5. The fraction of sp³-hybridized carbons (Fsp3) is 0.677. The minimum absolute atomic E-state index is 0.0220. The summed E-state index contributed by atoms with van der Waals surface area (Å²) in [6.07, 6.45) is 21.3. The van der Waals surface area contributed by atoms with Crippen LogP contribution in [0.4, 0.5) is 0 Å². The van der Waals surface area contributed by atoms with Crippen LogP contribution >= 0.6 is 89.2 Å². The van der Waals surface area contributed by atoms with Gasteiger partial charge < -0.3 is 61.6 Å². The summed E-state index contributed by atoms with van der Waals surface area (Å²) in [6.45, 7) is 14.0. The van der Waals surface area contributed by atoms with Gasteiger partial charge >= 0.3 is 0 Å². The smallest absolute Gasteiger partial charge is 0.251 e. The Kier molecular flexibility index (Phi) is 52.7. The Morgan fingerprint density at radius 1 is 0.521 bits per heavy atom. The van der Waals surface area contributed by atoms with Gasteiger partial charge in [-0.15, -0.1) is 0 Å². The highest BCUT2D eigenvalue weighted by Crippen LogP contribution is 2.41. The van der Waals surface area contributed by atoms with Crippen molar-refractivity contribution in [3.8, 4) is 0 Å². The molecule has 0 saturated carbocycles. The van der Waals surface area contributed by atoms with Gasteiger partial charge in [0.05, 0.1) is 25.2 Å². The number of hydrogen-bond acceptors (Lipinski definition) is 21. The average molecular weight is 1460 g/mol. The Labute approximate surface area is 594 Å². The Balaban J connectivity index is 1.24. The molecule has 8 N–H and O–H groups in total. The van der Waals surface area contributed by atoms with Crippen LogP contribution in [0.25, 0.3) is 0 Å². The Hall–Kier alpha value is -3.49. The molecule has 3 aromatic rings. The average Bonchev–Trinajstić information content (AvgIpc) is 1.35. The molecule has 0 radical (unpaired) electrons. The minimum atomic E-state index is -0.175. The molecule has 0 saturated heterocycles. The van der Waals surface area contributed by atoms with Gasteiger partial charge in [-0.25, -0.2) is 9.97 Å². The van der Waals surface area contributed by atoms with Gasteiger partial charge in [0.15, 0.2) is 0 Å². The van der Waals surface area contributed by atoms with Crippen molar-refractivity contribution in [2.45, 2.75) is 127 Å². The minimum Gasteiger partial charge on any atom is -0.378 e. The number of carbonyl (C=O) groups is 7. The molecular formula is C65H109N13O8S8. The molecule has 3 rings (SSSR count). The van der Waals surface area contributed by atoms with E-state index in [0.717, 1.165) is 46.5 Å². The lowest BCUT2D eigenvalue weighted by Crippen LogP contribution is -2.37. The first-order valence-electron chi connectivity index (χ1n) is 33.4. The molecule has 29 heteroatoms. The quantitative estimate of drug-likeness (QED) is 0.0145. The van der Waals surface area contributed by atoms with Crippen LogP contribution in [0.15, 0.2) is 66.2 Å². The summed E-state index contributed by atoms with van der Waals surface area (Å²) in [7, 11) is 9.93. The molecule has 0 aliphatic carbocycles. The Bertz CT molecular complexity index is 2450. The van der Waals surface area contributed by atoms with Crippen LogP contribution in [-0.4, -0.2) is 230 Å². The van der Waals surface area contributed by atoms with E-state index < -0.39 is 0 Å². The number of benzene rings is 1. The van der Waals surface area contributed by atoms with E-state index in [9.17, 15) is 33.6 Å². The van der Waals surface area contributed by atoms with Crippen LogP contribution in [0.2, 0.25) is 0 Å². The van der Waals surface area contributed by atoms with Crippen LogP contribution in [0.3, 0.4) is 0 Å². The number of H-pyrrole nitrogens is 1. The number of imidazole rings is 1. The number of hydrogen-bond donors (Lipinski definition) is 9. The summed E-state index contributed by atoms with van der Waals surface area (Å²) in [5.74, 6) is 3.98. The van der Waals surface area contributed by atoms with Crippen LogP contribution in [-0.2, 0) is 39.9 Å². The predicted molar refractivity (Wildman–Crippen MR) is 402 cm³/mol. The molecule has 7 amide bonds. The molecule has 94 heavy (non-hydrogen) atoms. The van der Waals surface area contributed by atoms with Crippen LogP contribution in [0.1, 0.15) is 137 Å². The molecule has 0 aliphatic rings. The van der Waals surface area contributed by atoms with Crippen molar-refractivity contribution in [2.24, 2.45) is 0 Å². The van der Waals surface area contributed by atoms with Gasteiger partial charge in [-0.2, -0.15) is 24.4 Å².